The first-order chi connectivity index (χ1) is 7.60. The number of benzene rings is 1. The van der Waals surface area contributed by atoms with Gasteiger partial charge in [0.25, 0.3) is 0 Å². The van der Waals surface area contributed by atoms with Crippen molar-refractivity contribution in [3.05, 3.63) is 29.8 Å². The highest BCUT2D eigenvalue weighted by molar-refractivity contribution is 7.91. The molecule has 1 aliphatic heterocycles. The molecule has 5 heteroatoms. The van der Waals surface area contributed by atoms with Crippen LogP contribution in [0.1, 0.15) is 11.5 Å². The number of aliphatic hydroxyl groups excluding tert-OH is 1. The molecule has 0 aliphatic carbocycles. The van der Waals surface area contributed by atoms with Gasteiger partial charge in [-0.2, -0.15) is 0 Å². The zero-order valence-electron chi connectivity index (χ0n) is 8.83. The fourth-order valence-electron chi connectivity index (χ4n) is 2.24. The molecule has 88 valence electrons. The van der Waals surface area contributed by atoms with Crippen LogP contribution in [0.5, 0.6) is 0 Å². The van der Waals surface area contributed by atoms with Gasteiger partial charge < -0.3 is 10.8 Å². The lowest BCUT2D eigenvalue weighted by atomic mass is 9.88. The Morgan fingerprint density at radius 3 is 2.75 bits per heavy atom. The quantitative estimate of drug-likeness (QED) is 0.788. The average molecular weight is 241 g/mol. The van der Waals surface area contributed by atoms with Crippen LogP contribution in [0, 0.1) is 5.92 Å². The Hall–Kier alpha value is -0.910. The second kappa shape index (κ2) is 4.16. The lowest BCUT2D eigenvalue weighted by molar-refractivity contribution is 0.214. The van der Waals surface area contributed by atoms with E-state index in [9.17, 15) is 13.5 Å². The molecule has 0 fully saturated rings. The van der Waals surface area contributed by atoms with Gasteiger partial charge in [-0.05, 0) is 18.2 Å². The summed E-state index contributed by atoms with van der Waals surface area (Å²) in [6.45, 7) is 0.218. The van der Waals surface area contributed by atoms with Crippen molar-refractivity contribution in [1.29, 1.82) is 0 Å². The first-order valence-electron chi connectivity index (χ1n) is 5.22. The second-order valence-electron chi connectivity index (χ2n) is 4.10. The molecule has 0 saturated heterocycles. The molecule has 0 aromatic heterocycles. The molecule has 16 heavy (non-hydrogen) atoms. The van der Waals surface area contributed by atoms with E-state index < -0.39 is 9.84 Å². The predicted octanol–water partition coefficient (Wildman–Crippen LogP) is 0.125. The summed E-state index contributed by atoms with van der Waals surface area (Å²) in [5.74, 6) is -0.288. The molecule has 0 saturated carbocycles. The third kappa shape index (κ3) is 1.75. The first kappa shape index (κ1) is 11.6. The molecule has 0 radical (unpaired) electrons. The summed E-state index contributed by atoms with van der Waals surface area (Å²) in [6, 6.07) is 6.96. The lowest BCUT2D eigenvalue weighted by Gasteiger charge is -2.19. The van der Waals surface area contributed by atoms with Crippen LogP contribution in [0.2, 0.25) is 0 Å². The number of hydrogen-bond acceptors (Lipinski definition) is 4. The molecule has 2 unspecified atom stereocenters. The van der Waals surface area contributed by atoms with Crippen LogP contribution >= 0.6 is 0 Å². The fourth-order valence-corrected chi connectivity index (χ4v) is 4.21. The third-order valence-corrected chi connectivity index (χ3v) is 5.00. The minimum Gasteiger partial charge on any atom is -0.396 e. The maximum atomic E-state index is 11.9. The van der Waals surface area contributed by atoms with Crippen LogP contribution in [0.4, 0.5) is 0 Å². The van der Waals surface area contributed by atoms with Gasteiger partial charge in [0, 0.05) is 18.4 Å². The zero-order valence-corrected chi connectivity index (χ0v) is 9.65. The zero-order chi connectivity index (χ0) is 11.8. The Bertz CT molecular complexity index is 480. The predicted molar refractivity (Wildman–Crippen MR) is 60.9 cm³/mol. The van der Waals surface area contributed by atoms with E-state index in [0.29, 0.717) is 11.4 Å². The Labute approximate surface area is 95.0 Å². The molecule has 4 nitrogen and oxygen atoms in total. The van der Waals surface area contributed by atoms with Crippen LogP contribution in [0.15, 0.2) is 29.2 Å². The maximum absolute atomic E-state index is 11.9. The number of hydrogen-bond donors (Lipinski definition) is 2. The fraction of sp³-hybridized carbons (Fsp3) is 0.455. The van der Waals surface area contributed by atoms with E-state index in [-0.39, 0.29) is 24.2 Å². The second-order valence-corrected chi connectivity index (χ2v) is 6.11. The Morgan fingerprint density at radius 1 is 1.44 bits per heavy atom. The number of aliphatic hydroxyl groups is 1. The van der Waals surface area contributed by atoms with Gasteiger partial charge in [0.05, 0.1) is 10.6 Å². The minimum absolute atomic E-state index is 0.0643. The van der Waals surface area contributed by atoms with Crippen molar-refractivity contribution in [2.45, 2.75) is 10.8 Å². The Morgan fingerprint density at radius 2 is 2.12 bits per heavy atom. The topological polar surface area (TPSA) is 80.4 Å². The molecule has 2 rings (SSSR count). The molecule has 1 aromatic carbocycles. The van der Waals surface area contributed by atoms with Gasteiger partial charge in [-0.15, -0.1) is 0 Å². The van der Waals surface area contributed by atoms with Crippen LogP contribution in [0.3, 0.4) is 0 Å². The van der Waals surface area contributed by atoms with Crippen molar-refractivity contribution in [3.63, 3.8) is 0 Å². The molecule has 1 aromatic rings. The van der Waals surface area contributed by atoms with E-state index in [1.807, 2.05) is 12.1 Å². The van der Waals surface area contributed by atoms with Gasteiger partial charge in [0.1, 0.15) is 0 Å². The van der Waals surface area contributed by atoms with Crippen LogP contribution < -0.4 is 5.73 Å². The molecule has 3 N–H and O–H groups in total. The molecule has 0 bridgehead atoms. The molecular weight excluding hydrogens is 226 g/mol. The normalized spacial score (nSPS) is 24.0. The highest BCUT2D eigenvalue weighted by atomic mass is 32.2. The van der Waals surface area contributed by atoms with Crippen molar-refractivity contribution in [3.8, 4) is 0 Å². The highest BCUT2D eigenvalue weighted by Crippen LogP contribution is 2.38. The van der Waals surface area contributed by atoms with Gasteiger partial charge in [-0.3, -0.25) is 0 Å². The summed E-state index contributed by atoms with van der Waals surface area (Å²) >= 11 is 0. The SMILES string of the molecule is NCC(CO)C1CS(=O)(=O)c2ccccc21. The smallest absolute Gasteiger partial charge is 0.179 e. The lowest BCUT2D eigenvalue weighted by Crippen LogP contribution is -2.26. The highest BCUT2D eigenvalue weighted by Gasteiger charge is 2.37. The van der Waals surface area contributed by atoms with E-state index in [0.717, 1.165) is 5.56 Å². The van der Waals surface area contributed by atoms with E-state index >= 15 is 0 Å². The third-order valence-electron chi connectivity index (χ3n) is 3.16. The number of nitrogens with two attached hydrogens (primary N) is 1. The van der Waals surface area contributed by atoms with Gasteiger partial charge in [-0.1, -0.05) is 18.2 Å². The summed E-state index contributed by atoms with van der Waals surface area (Å²) in [6.07, 6.45) is 0. The van der Waals surface area contributed by atoms with Crippen LogP contribution in [-0.4, -0.2) is 32.4 Å². The average Bonchev–Trinajstić information content (AvgIpc) is 2.54. The summed E-state index contributed by atoms with van der Waals surface area (Å²) in [5, 5.41) is 9.21. The Balaban J connectivity index is 2.48. The van der Waals surface area contributed by atoms with Gasteiger partial charge in [0.15, 0.2) is 9.84 Å². The van der Waals surface area contributed by atoms with Gasteiger partial charge >= 0.3 is 0 Å². The molecule has 2 atom stereocenters. The van der Waals surface area contributed by atoms with Crippen molar-refractivity contribution < 1.29 is 13.5 Å². The molecule has 1 aliphatic rings. The largest absolute Gasteiger partial charge is 0.396 e. The van der Waals surface area contributed by atoms with Gasteiger partial charge in [0.2, 0.25) is 0 Å². The van der Waals surface area contributed by atoms with Crippen molar-refractivity contribution in [2.75, 3.05) is 18.9 Å². The monoisotopic (exact) mass is 241 g/mol. The van der Waals surface area contributed by atoms with E-state index in [4.69, 9.17) is 5.73 Å². The van der Waals surface area contributed by atoms with Crippen molar-refractivity contribution in [1.82, 2.24) is 0 Å². The number of rotatable bonds is 3. The van der Waals surface area contributed by atoms with E-state index in [1.165, 1.54) is 0 Å². The van der Waals surface area contributed by atoms with E-state index in [1.54, 1.807) is 12.1 Å². The summed E-state index contributed by atoms with van der Waals surface area (Å²) < 4.78 is 23.8. The molecule has 1 heterocycles. The summed E-state index contributed by atoms with van der Waals surface area (Å²) in [4.78, 5) is 0.395. The van der Waals surface area contributed by atoms with Crippen molar-refractivity contribution >= 4 is 9.84 Å². The van der Waals surface area contributed by atoms with Gasteiger partial charge in [-0.25, -0.2) is 8.42 Å². The first-order valence-corrected chi connectivity index (χ1v) is 6.88. The standard InChI is InChI=1S/C11H15NO3S/c12-5-8(6-13)10-7-16(14,15)11-4-2-1-3-9(10)11/h1-4,8,10,13H,5-7,12H2. The number of sulfone groups is 1. The van der Waals surface area contributed by atoms with Crippen molar-refractivity contribution in [2.24, 2.45) is 11.7 Å². The number of fused-ring (bicyclic) bond motifs is 1. The molecular formula is C11H15NO3S. The van der Waals surface area contributed by atoms with E-state index in [2.05, 4.69) is 0 Å². The van der Waals surface area contributed by atoms with Crippen LogP contribution in [0.25, 0.3) is 0 Å². The maximum Gasteiger partial charge on any atom is 0.179 e. The summed E-state index contributed by atoms with van der Waals surface area (Å²) in [5.41, 5.74) is 6.35. The molecule has 0 amide bonds. The Kier molecular flexibility index (Phi) is 3.01. The summed E-state index contributed by atoms with van der Waals surface area (Å²) in [7, 11) is -3.19. The molecule has 0 spiro atoms. The van der Waals surface area contributed by atoms with Crippen LogP contribution in [-0.2, 0) is 9.84 Å². The minimum atomic E-state index is -3.19.